The molecule has 0 aliphatic heterocycles. The van der Waals surface area contributed by atoms with E-state index in [-0.39, 0.29) is 17.9 Å². The first-order valence-electron chi connectivity index (χ1n) is 9.92. The van der Waals surface area contributed by atoms with E-state index < -0.39 is 11.8 Å². The van der Waals surface area contributed by atoms with Gasteiger partial charge in [-0.3, -0.25) is 0 Å². The van der Waals surface area contributed by atoms with Crippen molar-refractivity contribution in [2.45, 2.75) is 17.4 Å². The van der Waals surface area contributed by atoms with Gasteiger partial charge in [-0.1, -0.05) is 59.6 Å². The molecule has 0 N–H and O–H groups in total. The number of para-hydroxylation sites is 1. The van der Waals surface area contributed by atoms with Gasteiger partial charge in [0.15, 0.2) is 0 Å². The van der Waals surface area contributed by atoms with Crippen LogP contribution in [0.15, 0.2) is 71.8 Å². The zero-order valence-electron chi connectivity index (χ0n) is 17.5. The largest absolute Gasteiger partial charge is 0.487 e. The van der Waals surface area contributed by atoms with E-state index >= 15 is 0 Å². The minimum atomic E-state index is -0.607. The summed E-state index contributed by atoms with van der Waals surface area (Å²) in [5, 5.41) is 1.87. The maximum absolute atomic E-state index is 14.3. The maximum atomic E-state index is 14.3. The van der Waals surface area contributed by atoms with Gasteiger partial charge in [0, 0.05) is 32.3 Å². The summed E-state index contributed by atoms with van der Waals surface area (Å²) >= 11 is 13.6. The molecule has 8 heteroatoms. The van der Waals surface area contributed by atoms with Crippen molar-refractivity contribution in [3.05, 3.63) is 99.3 Å². The Morgan fingerprint density at radius 2 is 1.73 bits per heavy atom. The van der Waals surface area contributed by atoms with E-state index in [9.17, 15) is 9.18 Å². The number of hydrogen-bond acceptors (Lipinski definition) is 5. The molecule has 0 bridgehead atoms. The molecule has 4 aromatic rings. The van der Waals surface area contributed by atoms with Crippen LogP contribution in [0.3, 0.4) is 0 Å². The number of nitrogens with zero attached hydrogens (tertiary/aromatic N) is 1. The average Bonchev–Trinajstić information content (AvgIpc) is 2.82. The number of carbonyl (C=O) groups is 1. The number of fused-ring (bicyclic) bond motifs is 1. The molecular formula is C25H18Cl2FNO3S. The molecule has 0 aliphatic carbocycles. The second-order valence-corrected chi connectivity index (χ2v) is 8.78. The molecule has 168 valence electrons. The van der Waals surface area contributed by atoms with Gasteiger partial charge in [-0.15, -0.1) is 11.8 Å². The molecule has 0 spiro atoms. The van der Waals surface area contributed by atoms with E-state index in [2.05, 4.69) is 4.98 Å². The highest BCUT2D eigenvalue weighted by atomic mass is 35.5. The maximum Gasteiger partial charge on any atom is 0.344 e. The predicted molar refractivity (Wildman–Crippen MR) is 130 cm³/mol. The van der Waals surface area contributed by atoms with E-state index in [0.717, 1.165) is 5.56 Å². The van der Waals surface area contributed by atoms with Gasteiger partial charge in [0.1, 0.15) is 28.8 Å². The van der Waals surface area contributed by atoms with Crippen LogP contribution in [0.25, 0.3) is 10.9 Å². The van der Waals surface area contributed by atoms with Crippen molar-refractivity contribution < 1.29 is 18.7 Å². The van der Waals surface area contributed by atoms with Gasteiger partial charge in [0.25, 0.3) is 0 Å². The van der Waals surface area contributed by atoms with Crippen molar-refractivity contribution in [3.8, 4) is 5.75 Å². The first kappa shape index (κ1) is 23.4. The highest BCUT2D eigenvalue weighted by molar-refractivity contribution is 7.98. The number of halogens is 3. The van der Waals surface area contributed by atoms with E-state index in [1.54, 1.807) is 18.2 Å². The molecule has 0 radical (unpaired) electrons. The topological polar surface area (TPSA) is 48.4 Å². The molecule has 4 nitrogen and oxygen atoms in total. The summed E-state index contributed by atoms with van der Waals surface area (Å²) in [5.74, 6) is -0.533. The second kappa shape index (κ2) is 10.4. The lowest BCUT2D eigenvalue weighted by molar-refractivity contribution is 0.0590. The SMILES string of the molecule is COC(=O)c1c(SCc2c(F)cccc2Cl)nc2ccccc2c1OCc1ccccc1Cl. The van der Waals surface area contributed by atoms with Crippen LogP contribution in [0.5, 0.6) is 5.75 Å². The van der Waals surface area contributed by atoms with Gasteiger partial charge in [0.2, 0.25) is 0 Å². The van der Waals surface area contributed by atoms with Crippen molar-refractivity contribution in [1.29, 1.82) is 0 Å². The molecule has 0 amide bonds. The van der Waals surface area contributed by atoms with Gasteiger partial charge >= 0.3 is 5.97 Å². The lowest BCUT2D eigenvalue weighted by Crippen LogP contribution is -2.10. The molecular weight excluding hydrogens is 484 g/mol. The second-order valence-electron chi connectivity index (χ2n) is 7.00. The first-order chi connectivity index (χ1) is 16.0. The van der Waals surface area contributed by atoms with E-state index in [0.29, 0.717) is 37.3 Å². The van der Waals surface area contributed by atoms with E-state index in [4.69, 9.17) is 32.7 Å². The Hall–Kier alpha value is -2.80. The van der Waals surface area contributed by atoms with Crippen LogP contribution in [0.2, 0.25) is 10.0 Å². The van der Waals surface area contributed by atoms with E-state index in [1.165, 1.54) is 24.9 Å². The van der Waals surface area contributed by atoms with Crippen molar-refractivity contribution in [3.63, 3.8) is 0 Å². The molecule has 0 fully saturated rings. The molecule has 0 saturated carbocycles. The van der Waals surface area contributed by atoms with Gasteiger partial charge < -0.3 is 9.47 Å². The Morgan fingerprint density at radius 1 is 1.00 bits per heavy atom. The van der Waals surface area contributed by atoms with Crippen molar-refractivity contribution in [1.82, 2.24) is 4.98 Å². The number of pyridine rings is 1. The normalized spacial score (nSPS) is 10.9. The third kappa shape index (κ3) is 5.08. The van der Waals surface area contributed by atoms with Crippen LogP contribution in [0.1, 0.15) is 21.5 Å². The van der Waals surface area contributed by atoms with Gasteiger partial charge in [-0.25, -0.2) is 14.2 Å². The third-order valence-electron chi connectivity index (χ3n) is 4.95. The van der Waals surface area contributed by atoms with Crippen LogP contribution < -0.4 is 4.74 Å². The Labute approximate surface area is 204 Å². The van der Waals surface area contributed by atoms with Gasteiger partial charge in [-0.2, -0.15) is 0 Å². The number of rotatable bonds is 7. The van der Waals surface area contributed by atoms with Crippen LogP contribution >= 0.6 is 35.0 Å². The predicted octanol–water partition coefficient (Wildman–Crippen LogP) is 7.34. The Morgan fingerprint density at radius 3 is 2.48 bits per heavy atom. The number of hydrogen-bond donors (Lipinski definition) is 0. The number of benzene rings is 3. The number of esters is 1. The van der Waals surface area contributed by atoms with Crippen molar-refractivity contribution in [2.75, 3.05) is 7.11 Å². The van der Waals surface area contributed by atoms with Crippen LogP contribution in [0.4, 0.5) is 4.39 Å². The zero-order valence-corrected chi connectivity index (χ0v) is 19.8. The molecule has 0 atom stereocenters. The zero-order chi connectivity index (χ0) is 23.4. The molecule has 1 aromatic heterocycles. The lowest BCUT2D eigenvalue weighted by Gasteiger charge is -2.17. The lowest BCUT2D eigenvalue weighted by atomic mass is 10.1. The molecule has 33 heavy (non-hydrogen) atoms. The van der Waals surface area contributed by atoms with Crippen LogP contribution in [-0.4, -0.2) is 18.1 Å². The summed E-state index contributed by atoms with van der Waals surface area (Å²) in [7, 11) is 1.29. The number of carbonyl (C=O) groups excluding carboxylic acids is 1. The molecule has 0 saturated heterocycles. The summed E-state index contributed by atoms with van der Waals surface area (Å²) in [4.78, 5) is 17.5. The molecule has 1 heterocycles. The molecule has 0 aliphatic rings. The van der Waals surface area contributed by atoms with Crippen LogP contribution in [-0.2, 0) is 17.1 Å². The van der Waals surface area contributed by atoms with E-state index in [1.807, 2.05) is 42.5 Å². The minimum absolute atomic E-state index is 0.140. The first-order valence-corrected chi connectivity index (χ1v) is 11.7. The monoisotopic (exact) mass is 501 g/mol. The summed E-state index contributed by atoms with van der Waals surface area (Å²) in [5.41, 5.74) is 1.89. The smallest absolute Gasteiger partial charge is 0.344 e. The quantitative estimate of drug-likeness (QED) is 0.196. The summed E-state index contributed by atoms with van der Waals surface area (Å²) in [6, 6.07) is 19.1. The summed E-state index contributed by atoms with van der Waals surface area (Å²) < 4.78 is 25.5. The summed E-state index contributed by atoms with van der Waals surface area (Å²) in [6.45, 7) is 0.140. The standard InChI is InChI=1S/C25H18Cl2FNO3S/c1-31-25(30)22-23(32-13-15-7-2-4-9-18(15)26)16-8-3-5-12-21(16)29-24(22)33-14-17-19(27)10-6-11-20(17)28/h2-12H,13-14H2,1H3. The number of aromatic nitrogens is 1. The number of ether oxygens (including phenoxy) is 2. The fourth-order valence-electron chi connectivity index (χ4n) is 3.27. The van der Waals surface area contributed by atoms with Crippen molar-refractivity contribution in [2.24, 2.45) is 0 Å². The summed E-state index contributed by atoms with van der Waals surface area (Å²) in [6.07, 6.45) is 0. The molecule has 3 aromatic carbocycles. The highest BCUT2D eigenvalue weighted by Gasteiger charge is 2.24. The van der Waals surface area contributed by atoms with Gasteiger partial charge in [-0.05, 0) is 30.3 Å². The minimum Gasteiger partial charge on any atom is -0.487 e. The Kier molecular flexibility index (Phi) is 7.38. The third-order valence-corrected chi connectivity index (χ3v) is 6.67. The molecule has 4 rings (SSSR count). The average molecular weight is 502 g/mol. The Balaban J connectivity index is 1.79. The highest BCUT2D eigenvalue weighted by Crippen LogP contribution is 2.38. The number of thioether (sulfide) groups is 1. The molecule has 0 unspecified atom stereocenters. The number of methoxy groups -OCH3 is 1. The van der Waals surface area contributed by atoms with Crippen molar-refractivity contribution >= 4 is 51.8 Å². The van der Waals surface area contributed by atoms with Crippen LogP contribution in [0, 0.1) is 5.82 Å². The van der Waals surface area contributed by atoms with Gasteiger partial charge in [0.05, 0.1) is 12.6 Å². The fraction of sp³-hybridized carbons (Fsp3) is 0.120. The Bertz CT molecular complexity index is 1310. The fourth-order valence-corrected chi connectivity index (χ4v) is 4.83.